The Hall–Kier alpha value is -4.30. The SMILES string of the molecule is CCCCOc1ccc(N2C(=O)NC(=O)/C(=C/c3ccc(OCc4ccc(Cl)cc4)c(OC)c3)C2=O)cc1. The number of barbiturate groups is 1. The van der Waals surface area contributed by atoms with E-state index in [4.69, 9.17) is 25.8 Å². The van der Waals surface area contributed by atoms with Crippen molar-refractivity contribution in [2.75, 3.05) is 18.6 Å². The van der Waals surface area contributed by atoms with E-state index < -0.39 is 17.8 Å². The van der Waals surface area contributed by atoms with Crippen LogP contribution in [-0.4, -0.2) is 31.6 Å². The summed E-state index contributed by atoms with van der Waals surface area (Å²) in [6, 6.07) is 18.0. The molecule has 38 heavy (non-hydrogen) atoms. The van der Waals surface area contributed by atoms with Gasteiger partial charge in [-0.15, -0.1) is 0 Å². The molecular weight excluding hydrogens is 508 g/mol. The summed E-state index contributed by atoms with van der Waals surface area (Å²) in [7, 11) is 1.50. The number of rotatable bonds is 10. The molecule has 0 aromatic heterocycles. The summed E-state index contributed by atoms with van der Waals surface area (Å²) in [6.07, 6.45) is 3.34. The second-order valence-electron chi connectivity index (χ2n) is 8.48. The monoisotopic (exact) mass is 534 g/mol. The Morgan fingerprint density at radius 3 is 2.34 bits per heavy atom. The third kappa shape index (κ3) is 6.33. The molecule has 0 saturated carbocycles. The molecule has 0 atom stereocenters. The molecule has 4 rings (SSSR count). The Balaban J connectivity index is 1.52. The van der Waals surface area contributed by atoms with Crippen molar-refractivity contribution in [3.05, 3.63) is 88.5 Å². The molecule has 196 valence electrons. The maximum atomic E-state index is 13.2. The molecule has 0 bridgehead atoms. The van der Waals surface area contributed by atoms with Gasteiger partial charge in [0, 0.05) is 5.02 Å². The van der Waals surface area contributed by atoms with Gasteiger partial charge in [-0.2, -0.15) is 0 Å². The fourth-order valence-electron chi connectivity index (χ4n) is 3.72. The van der Waals surface area contributed by atoms with Crippen LogP contribution in [0.25, 0.3) is 6.08 Å². The van der Waals surface area contributed by atoms with Gasteiger partial charge in [-0.05, 0) is 72.2 Å². The van der Waals surface area contributed by atoms with Crippen LogP contribution in [0, 0.1) is 0 Å². The smallest absolute Gasteiger partial charge is 0.335 e. The molecular formula is C29H27ClN2O6. The van der Waals surface area contributed by atoms with Crippen molar-refractivity contribution < 1.29 is 28.6 Å². The summed E-state index contributed by atoms with van der Waals surface area (Å²) in [6.45, 7) is 2.95. The molecule has 3 aromatic rings. The average Bonchev–Trinajstić information content (AvgIpc) is 2.92. The van der Waals surface area contributed by atoms with Crippen LogP contribution in [0.5, 0.6) is 17.2 Å². The molecule has 8 nitrogen and oxygen atoms in total. The highest BCUT2D eigenvalue weighted by atomic mass is 35.5. The second-order valence-corrected chi connectivity index (χ2v) is 8.92. The van der Waals surface area contributed by atoms with Gasteiger partial charge >= 0.3 is 6.03 Å². The maximum absolute atomic E-state index is 13.2. The van der Waals surface area contributed by atoms with Crippen molar-refractivity contribution in [3.8, 4) is 17.2 Å². The van der Waals surface area contributed by atoms with Gasteiger partial charge in [-0.3, -0.25) is 14.9 Å². The van der Waals surface area contributed by atoms with Crippen LogP contribution in [0.15, 0.2) is 72.3 Å². The van der Waals surface area contributed by atoms with Crippen molar-refractivity contribution in [3.63, 3.8) is 0 Å². The minimum absolute atomic E-state index is 0.190. The number of urea groups is 1. The number of amides is 4. The van der Waals surface area contributed by atoms with Crippen LogP contribution < -0.4 is 24.4 Å². The number of carbonyl (C=O) groups excluding carboxylic acids is 3. The number of hydrogen-bond acceptors (Lipinski definition) is 6. The first kappa shape index (κ1) is 26.8. The Bertz CT molecular complexity index is 1350. The molecule has 4 amide bonds. The lowest BCUT2D eigenvalue weighted by Crippen LogP contribution is -2.54. The highest BCUT2D eigenvalue weighted by Crippen LogP contribution is 2.31. The highest BCUT2D eigenvalue weighted by molar-refractivity contribution is 6.39. The molecule has 0 spiro atoms. The van der Waals surface area contributed by atoms with Gasteiger partial charge in [-0.1, -0.05) is 43.1 Å². The molecule has 1 fully saturated rings. The number of methoxy groups -OCH3 is 1. The molecule has 1 heterocycles. The van der Waals surface area contributed by atoms with Gasteiger partial charge in [0.25, 0.3) is 11.8 Å². The van der Waals surface area contributed by atoms with Gasteiger partial charge in [0.1, 0.15) is 17.9 Å². The van der Waals surface area contributed by atoms with Crippen molar-refractivity contribution in [2.45, 2.75) is 26.4 Å². The van der Waals surface area contributed by atoms with E-state index >= 15 is 0 Å². The number of benzene rings is 3. The minimum Gasteiger partial charge on any atom is -0.494 e. The molecule has 3 aromatic carbocycles. The zero-order chi connectivity index (χ0) is 27.1. The molecule has 1 aliphatic rings. The van der Waals surface area contributed by atoms with Crippen LogP contribution in [-0.2, 0) is 16.2 Å². The molecule has 0 aliphatic carbocycles. The number of ether oxygens (including phenoxy) is 3. The largest absolute Gasteiger partial charge is 0.494 e. The van der Waals surface area contributed by atoms with E-state index in [0.717, 1.165) is 23.3 Å². The third-order valence-corrected chi connectivity index (χ3v) is 6.02. The number of anilines is 1. The van der Waals surface area contributed by atoms with Crippen LogP contribution in [0.4, 0.5) is 10.5 Å². The zero-order valence-electron chi connectivity index (χ0n) is 21.0. The topological polar surface area (TPSA) is 94.2 Å². The lowest BCUT2D eigenvalue weighted by atomic mass is 10.1. The Kier molecular flexibility index (Phi) is 8.66. The van der Waals surface area contributed by atoms with E-state index in [1.165, 1.54) is 13.2 Å². The lowest BCUT2D eigenvalue weighted by Gasteiger charge is -2.26. The van der Waals surface area contributed by atoms with Crippen molar-refractivity contribution >= 4 is 41.2 Å². The average molecular weight is 535 g/mol. The van der Waals surface area contributed by atoms with E-state index in [-0.39, 0.29) is 5.57 Å². The van der Waals surface area contributed by atoms with Crippen LogP contribution in [0.2, 0.25) is 5.02 Å². The summed E-state index contributed by atoms with van der Waals surface area (Å²) < 4.78 is 17.0. The number of carbonyl (C=O) groups is 3. The van der Waals surface area contributed by atoms with Crippen molar-refractivity contribution in [1.29, 1.82) is 0 Å². The van der Waals surface area contributed by atoms with Crippen molar-refractivity contribution in [1.82, 2.24) is 5.32 Å². The number of nitrogens with zero attached hydrogens (tertiary/aromatic N) is 1. The molecule has 9 heteroatoms. The van der Waals surface area contributed by atoms with Gasteiger partial charge in [-0.25, -0.2) is 9.69 Å². The summed E-state index contributed by atoms with van der Waals surface area (Å²) in [4.78, 5) is 39.3. The van der Waals surface area contributed by atoms with Gasteiger partial charge in [0.15, 0.2) is 11.5 Å². The number of halogens is 1. The molecule has 0 radical (unpaired) electrons. The Labute approximate surface area is 225 Å². The third-order valence-electron chi connectivity index (χ3n) is 5.77. The summed E-state index contributed by atoms with van der Waals surface area (Å²) in [5.41, 5.74) is 1.58. The normalized spacial score (nSPS) is 14.4. The van der Waals surface area contributed by atoms with Gasteiger partial charge in [0.05, 0.1) is 19.4 Å². The summed E-state index contributed by atoms with van der Waals surface area (Å²) >= 11 is 5.93. The van der Waals surface area contributed by atoms with Crippen LogP contribution >= 0.6 is 11.6 Å². The number of hydrogen-bond donors (Lipinski definition) is 1. The van der Waals surface area contributed by atoms with Gasteiger partial charge < -0.3 is 14.2 Å². The fourth-order valence-corrected chi connectivity index (χ4v) is 3.85. The van der Waals surface area contributed by atoms with E-state index in [2.05, 4.69) is 12.2 Å². The molecule has 1 saturated heterocycles. The zero-order valence-corrected chi connectivity index (χ0v) is 21.8. The summed E-state index contributed by atoms with van der Waals surface area (Å²) in [5.74, 6) is 0.0215. The highest BCUT2D eigenvalue weighted by Gasteiger charge is 2.36. The number of unbranched alkanes of at least 4 members (excludes halogenated alkanes) is 1. The van der Waals surface area contributed by atoms with Crippen molar-refractivity contribution in [2.24, 2.45) is 0 Å². The standard InChI is InChI=1S/C29H27ClN2O6/c1-3-4-15-37-23-12-10-22(11-13-23)32-28(34)24(27(33)31-29(32)35)16-20-7-14-25(26(17-20)36-2)38-18-19-5-8-21(30)9-6-19/h5-14,16-17H,3-4,15,18H2,1-2H3,(H,31,33,35)/b24-16-. The first-order valence-corrected chi connectivity index (χ1v) is 12.5. The van der Waals surface area contributed by atoms with Crippen LogP contribution in [0.3, 0.4) is 0 Å². The quantitative estimate of drug-likeness (QED) is 0.201. The molecule has 1 N–H and O–H groups in total. The van der Waals surface area contributed by atoms with E-state index in [9.17, 15) is 14.4 Å². The van der Waals surface area contributed by atoms with Gasteiger partial charge in [0.2, 0.25) is 0 Å². The van der Waals surface area contributed by atoms with E-state index in [1.54, 1.807) is 54.6 Å². The predicted octanol–water partition coefficient (Wildman–Crippen LogP) is 5.77. The first-order chi connectivity index (χ1) is 18.4. The number of nitrogens with one attached hydrogen (secondary N) is 1. The second kappa shape index (κ2) is 12.3. The number of imide groups is 2. The Morgan fingerprint density at radius 2 is 1.66 bits per heavy atom. The molecule has 1 aliphatic heterocycles. The fraction of sp³-hybridized carbons (Fsp3) is 0.207. The predicted molar refractivity (Wildman–Crippen MR) is 145 cm³/mol. The van der Waals surface area contributed by atoms with Crippen LogP contribution in [0.1, 0.15) is 30.9 Å². The first-order valence-electron chi connectivity index (χ1n) is 12.1. The molecule has 0 unspecified atom stereocenters. The Morgan fingerprint density at radius 1 is 0.921 bits per heavy atom. The minimum atomic E-state index is -0.819. The van der Waals surface area contributed by atoms with E-state index in [0.29, 0.717) is 46.7 Å². The summed E-state index contributed by atoms with van der Waals surface area (Å²) in [5, 5.41) is 2.87. The van der Waals surface area contributed by atoms with E-state index in [1.807, 2.05) is 12.1 Å². The maximum Gasteiger partial charge on any atom is 0.335 e. The lowest BCUT2D eigenvalue weighted by molar-refractivity contribution is -0.122.